The molecule has 0 bridgehead atoms. The maximum atomic E-state index is 11.2. The van der Waals surface area contributed by atoms with Crippen LogP contribution in [0.25, 0.3) is 0 Å². The molecule has 0 unspecified atom stereocenters. The number of ether oxygens (including phenoxy) is 2. The molecular formula is C10H13NO4. The van der Waals surface area contributed by atoms with Gasteiger partial charge in [-0.2, -0.15) is 0 Å². The van der Waals surface area contributed by atoms with Crippen LogP contribution in [0.4, 0.5) is 0 Å². The molecule has 0 saturated carbocycles. The number of esters is 1. The summed E-state index contributed by atoms with van der Waals surface area (Å²) in [5, 5.41) is 9.02. The van der Waals surface area contributed by atoms with Crippen molar-refractivity contribution in [3.63, 3.8) is 0 Å². The number of rotatable bonds is 4. The largest absolute Gasteiger partial charge is 0.464 e. The number of aliphatic hydroxyl groups is 1. The number of hydrogen-bond donors (Lipinski definition) is 1. The molecule has 0 aliphatic carbocycles. The van der Waals surface area contributed by atoms with Gasteiger partial charge in [-0.25, -0.2) is 9.78 Å². The van der Waals surface area contributed by atoms with Gasteiger partial charge in [0.15, 0.2) is 0 Å². The Labute approximate surface area is 87.7 Å². The molecule has 82 valence electrons. The molecule has 0 aliphatic heterocycles. The van der Waals surface area contributed by atoms with E-state index in [0.29, 0.717) is 12.2 Å². The Morgan fingerprint density at radius 3 is 2.73 bits per heavy atom. The van der Waals surface area contributed by atoms with Gasteiger partial charge in [0, 0.05) is 18.9 Å². The zero-order valence-corrected chi connectivity index (χ0v) is 8.69. The topological polar surface area (TPSA) is 68.7 Å². The molecule has 0 saturated heterocycles. The Morgan fingerprint density at radius 2 is 2.20 bits per heavy atom. The van der Waals surface area contributed by atoms with Crippen LogP contribution in [0.5, 0.6) is 0 Å². The summed E-state index contributed by atoms with van der Waals surface area (Å²) in [6.07, 6.45) is 1.45. The normalized spacial score (nSPS) is 10.1. The number of methoxy groups -OCH3 is 2. The summed E-state index contributed by atoms with van der Waals surface area (Å²) in [5.41, 5.74) is 1.58. The average molecular weight is 211 g/mol. The van der Waals surface area contributed by atoms with E-state index < -0.39 is 5.97 Å². The minimum absolute atomic E-state index is 0.132. The third kappa shape index (κ3) is 2.74. The zero-order chi connectivity index (χ0) is 11.3. The molecule has 5 heteroatoms. The van der Waals surface area contributed by atoms with Crippen LogP contribution in [-0.2, 0) is 22.7 Å². The average Bonchev–Trinajstić information content (AvgIpc) is 2.28. The molecule has 1 rings (SSSR count). The Kier molecular flexibility index (Phi) is 4.20. The van der Waals surface area contributed by atoms with Crippen LogP contribution in [0.1, 0.15) is 21.6 Å². The quantitative estimate of drug-likeness (QED) is 0.735. The summed E-state index contributed by atoms with van der Waals surface area (Å²) in [5.74, 6) is -0.503. The summed E-state index contributed by atoms with van der Waals surface area (Å²) in [7, 11) is 2.83. The first-order valence-electron chi connectivity index (χ1n) is 4.38. The first-order chi connectivity index (χ1) is 7.22. The Hall–Kier alpha value is -1.46. The molecule has 0 fully saturated rings. The second-order valence-corrected chi connectivity index (χ2v) is 2.92. The molecule has 1 aromatic rings. The van der Waals surface area contributed by atoms with Gasteiger partial charge in [-0.15, -0.1) is 0 Å². The highest BCUT2D eigenvalue weighted by molar-refractivity contribution is 5.87. The van der Waals surface area contributed by atoms with Crippen molar-refractivity contribution in [1.29, 1.82) is 0 Å². The lowest BCUT2D eigenvalue weighted by atomic mass is 10.1. The number of carbonyl (C=O) groups excluding carboxylic acids is 1. The number of pyridine rings is 1. The van der Waals surface area contributed by atoms with Crippen LogP contribution >= 0.6 is 0 Å². The highest BCUT2D eigenvalue weighted by atomic mass is 16.5. The minimum atomic E-state index is -0.503. The first-order valence-corrected chi connectivity index (χ1v) is 4.38. The zero-order valence-electron chi connectivity index (χ0n) is 8.69. The van der Waals surface area contributed by atoms with E-state index in [1.807, 2.05) is 0 Å². The van der Waals surface area contributed by atoms with Crippen LogP contribution in [0.15, 0.2) is 12.3 Å². The third-order valence-electron chi connectivity index (χ3n) is 1.95. The Balaban J connectivity index is 3.04. The molecule has 0 amide bonds. The monoisotopic (exact) mass is 211 g/mol. The highest BCUT2D eigenvalue weighted by Crippen LogP contribution is 2.11. The van der Waals surface area contributed by atoms with E-state index in [4.69, 9.17) is 9.84 Å². The predicted molar refractivity (Wildman–Crippen MR) is 52.2 cm³/mol. The smallest absolute Gasteiger partial charge is 0.356 e. The van der Waals surface area contributed by atoms with Crippen LogP contribution in [0, 0.1) is 0 Å². The lowest BCUT2D eigenvalue weighted by molar-refractivity contribution is 0.0593. The van der Waals surface area contributed by atoms with Crippen LogP contribution in [0.3, 0.4) is 0 Å². The van der Waals surface area contributed by atoms with Gasteiger partial charge in [0.2, 0.25) is 0 Å². The van der Waals surface area contributed by atoms with Crippen molar-refractivity contribution < 1.29 is 19.4 Å². The van der Waals surface area contributed by atoms with E-state index >= 15 is 0 Å². The second-order valence-electron chi connectivity index (χ2n) is 2.92. The molecule has 0 spiro atoms. The van der Waals surface area contributed by atoms with Crippen molar-refractivity contribution >= 4 is 5.97 Å². The standard InChI is InChI=1S/C10H13NO4/c1-14-6-7-3-9(10(13)15-2)11-4-8(7)5-12/h3-4,12H,5-6H2,1-2H3. The van der Waals surface area contributed by atoms with Gasteiger partial charge in [-0.05, 0) is 11.6 Å². The molecule has 15 heavy (non-hydrogen) atoms. The molecule has 5 nitrogen and oxygen atoms in total. The van der Waals surface area contributed by atoms with Crippen LogP contribution in [-0.4, -0.2) is 30.3 Å². The lowest BCUT2D eigenvalue weighted by Crippen LogP contribution is -2.07. The number of aromatic nitrogens is 1. The van der Waals surface area contributed by atoms with Crippen molar-refractivity contribution in [3.8, 4) is 0 Å². The van der Waals surface area contributed by atoms with Gasteiger partial charge in [-0.3, -0.25) is 0 Å². The van der Waals surface area contributed by atoms with Gasteiger partial charge in [0.25, 0.3) is 0 Å². The number of carbonyl (C=O) groups is 1. The maximum absolute atomic E-state index is 11.2. The van der Waals surface area contributed by atoms with Gasteiger partial charge in [0.1, 0.15) is 5.69 Å². The van der Waals surface area contributed by atoms with Gasteiger partial charge >= 0.3 is 5.97 Å². The Bertz CT molecular complexity index is 351. The summed E-state index contributed by atoms with van der Waals surface area (Å²) < 4.78 is 9.49. The van der Waals surface area contributed by atoms with Gasteiger partial charge in [-0.1, -0.05) is 0 Å². The lowest BCUT2D eigenvalue weighted by Gasteiger charge is -2.07. The SMILES string of the molecule is COCc1cc(C(=O)OC)ncc1CO. The highest BCUT2D eigenvalue weighted by Gasteiger charge is 2.10. The fraction of sp³-hybridized carbons (Fsp3) is 0.400. The third-order valence-corrected chi connectivity index (χ3v) is 1.95. The summed E-state index contributed by atoms with van der Waals surface area (Å²) >= 11 is 0. The number of nitrogens with zero attached hydrogens (tertiary/aromatic N) is 1. The molecule has 1 aromatic heterocycles. The molecule has 1 heterocycles. The van der Waals surface area contributed by atoms with Crippen molar-refractivity contribution in [2.75, 3.05) is 14.2 Å². The first kappa shape index (κ1) is 11.6. The van der Waals surface area contributed by atoms with E-state index in [2.05, 4.69) is 9.72 Å². The molecule has 0 aliphatic rings. The maximum Gasteiger partial charge on any atom is 0.356 e. The van der Waals surface area contributed by atoms with Crippen molar-refractivity contribution in [3.05, 3.63) is 29.1 Å². The van der Waals surface area contributed by atoms with Crippen molar-refractivity contribution in [1.82, 2.24) is 4.98 Å². The molecule has 0 aromatic carbocycles. The van der Waals surface area contributed by atoms with Crippen molar-refractivity contribution in [2.45, 2.75) is 13.2 Å². The predicted octanol–water partition coefficient (Wildman–Crippen LogP) is 0.507. The Morgan fingerprint density at radius 1 is 1.47 bits per heavy atom. The molecular weight excluding hydrogens is 198 g/mol. The summed E-state index contributed by atoms with van der Waals surface area (Å²) in [4.78, 5) is 15.1. The summed E-state index contributed by atoms with van der Waals surface area (Å²) in [6.45, 7) is 0.190. The second kappa shape index (κ2) is 5.43. The molecule has 1 N–H and O–H groups in total. The fourth-order valence-electron chi connectivity index (χ4n) is 1.17. The molecule has 0 radical (unpaired) electrons. The minimum Gasteiger partial charge on any atom is -0.464 e. The van der Waals surface area contributed by atoms with Crippen LogP contribution in [0.2, 0.25) is 0 Å². The van der Waals surface area contributed by atoms with Gasteiger partial charge < -0.3 is 14.6 Å². The van der Waals surface area contributed by atoms with E-state index in [1.54, 1.807) is 13.2 Å². The van der Waals surface area contributed by atoms with Gasteiger partial charge in [0.05, 0.1) is 20.3 Å². The van der Waals surface area contributed by atoms with E-state index in [-0.39, 0.29) is 12.3 Å². The van der Waals surface area contributed by atoms with Crippen LogP contribution < -0.4 is 0 Å². The summed E-state index contributed by atoms with van der Waals surface area (Å²) in [6, 6.07) is 1.56. The van der Waals surface area contributed by atoms with E-state index in [1.165, 1.54) is 13.3 Å². The number of aliphatic hydroxyl groups excluding tert-OH is 1. The number of hydrogen-bond acceptors (Lipinski definition) is 5. The molecule has 0 atom stereocenters. The van der Waals surface area contributed by atoms with E-state index in [0.717, 1.165) is 5.56 Å². The fourth-order valence-corrected chi connectivity index (χ4v) is 1.17. The van der Waals surface area contributed by atoms with Crippen molar-refractivity contribution in [2.24, 2.45) is 0 Å². The van der Waals surface area contributed by atoms with E-state index in [9.17, 15) is 4.79 Å².